The second-order valence-corrected chi connectivity index (χ2v) is 6.65. The maximum atomic E-state index is 12.8. The minimum Gasteiger partial charge on any atom is -0.493 e. The van der Waals surface area contributed by atoms with Gasteiger partial charge in [-0.2, -0.15) is 13.2 Å². The summed E-state index contributed by atoms with van der Waals surface area (Å²) in [6, 6.07) is 7.03. The molecule has 1 aromatic heterocycles. The van der Waals surface area contributed by atoms with Crippen molar-refractivity contribution in [3.8, 4) is 11.5 Å². The second kappa shape index (κ2) is 8.58. The summed E-state index contributed by atoms with van der Waals surface area (Å²) in [6.07, 6.45) is -3.77. The van der Waals surface area contributed by atoms with E-state index in [0.717, 1.165) is 10.1 Å². The average molecular weight is 398 g/mol. The number of halogens is 3. The van der Waals surface area contributed by atoms with Crippen molar-refractivity contribution in [3.63, 3.8) is 0 Å². The molecule has 0 saturated carbocycles. The van der Waals surface area contributed by atoms with E-state index in [-0.39, 0.29) is 11.5 Å². The Morgan fingerprint density at radius 3 is 2.32 bits per heavy atom. The zero-order valence-corrected chi connectivity index (χ0v) is 16.7. The number of amides is 1. The van der Waals surface area contributed by atoms with Crippen LogP contribution in [0.15, 0.2) is 24.3 Å². The largest absolute Gasteiger partial charge is 0.493 e. The van der Waals surface area contributed by atoms with Crippen LogP contribution in [0.5, 0.6) is 11.5 Å². The number of aromatic nitrogens is 1. The zero-order chi connectivity index (χ0) is 21.1. The van der Waals surface area contributed by atoms with Crippen LogP contribution in [-0.4, -0.2) is 49.4 Å². The minimum absolute atomic E-state index is 0.288. The third kappa shape index (κ3) is 4.99. The SMILES string of the molecule is COc1ccc(CCN(C)C(=O)c2cc(C)n(CC(F)(F)F)c2C)cc1OC. The molecule has 0 bridgehead atoms. The molecule has 5 nitrogen and oxygen atoms in total. The molecule has 0 saturated heterocycles. The molecule has 0 unspecified atom stereocenters. The highest BCUT2D eigenvalue weighted by Crippen LogP contribution is 2.28. The van der Waals surface area contributed by atoms with Gasteiger partial charge in [-0.15, -0.1) is 0 Å². The minimum atomic E-state index is -4.34. The number of carbonyl (C=O) groups is 1. The van der Waals surface area contributed by atoms with Gasteiger partial charge in [-0.05, 0) is 44.0 Å². The van der Waals surface area contributed by atoms with E-state index in [0.29, 0.717) is 35.9 Å². The van der Waals surface area contributed by atoms with Gasteiger partial charge >= 0.3 is 6.18 Å². The molecule has 1 aromatic carbocycles. The smallest absolute Gasteiger partial charge is 0.406 e. The third-order valence-corrected chi connectivity index (χ3v) is 4.67. The van der Waals surface area contributed by atoms with E-state index in [2.05, 4.69) is 0 Å². The van der Waals surface area contributed by atoms with Gasteiger partial charge in [0.2, 0.25) is 0 Å². The number of aryl methyl sites for hydroxylation is 1. The topological polar surface area (TPSA) is 43.7 Å². The van der Waals surface area contributed by atoms with Crippen molar-refractivity contribution < 1.29 is 27.4 Å². The van der Waals surface area contributed by atoms with Crippen LogP contribution in [0.3, 0.4) is 0 Å². The van der Waals surface area contributed by atoms with E-state index in [1.165, 1.54) is 17.9 Å². The Morgan fingerprint density at radius 1 is 1.11 bits per heavy atom. The molecule has 28 heavy (non-hydrogen) atoms. The molecule has 0 radical (unpaired) electrons. The zero-order valence-electron chi connectivity index (χ0n) is 16.7. The molecule has 0 aliphatic heterocycles. The summed E-state index contributed by atoms with van der Waals surface area (Å²) in [5, 5.41) is 0. The van der Waals surface area contributed by atoms with E-state index in [1.807, 2.05) is 12.1 Å². The second-order valence-electron chi connectivity index (χ2n) is 6.65. The number of benzene rings is 1. The van der Waals surface area contributed by atoms with Crippen molar-refractivity contribution in [2.24, 2.45) is 0 Å². The van der Waals surface area contributed by atoms with Crippen LogP contribution in [-0.2, 0) is 13.0 Å². The van der Waals surface area contributed by atoms with Gasteiger partial charge in [0.1, 0.15) is 6.54 Å². The van der Waals surface area contributed by atoms with Crippen LogP contribution in [0, 0.1) is 13.8 Å². The molecule has 0 fully saturated rings. The lowest BCUT2D eigenvalue weighted by atomic mass is 10.1. The summed E-state index contributed by atoms with van der Waals surface area (Å²) in [5.74, 6) is 0.916. The van der Waals surface area contributed by atoms with Crippen LogP contribution < -0.4 is 9.47 Å². The quantitative estimate of drug-likeness (QED) is 0.708. The molecule has 8 heteroatoms. The highest BCUT2D eigenvalue weighted by atomic mass is 19.4. The number of hydrogen-bond acceptors (Lipinski definition) is 3. The fourth-order valence-corrected chi connectivity index (χ4v) is 3.08. The van der Waals surface area contributed by atoms with Gasteiger partial charge in [-0.25, -0.2) is 0 Å². The van der Waals surface area contributed by atoms with Gasteiger partial charge in [0.25, 0.3) is 5.91 Å². The Bertz CT molecular complexity index is 844. The van der Waals surface area contributed by atoms with E-state index in [4.69, 9.17) is 9.47 Å². The molecule has 0 atom stereocenters. The molecule has 1 amide bonds. The average Bonchev–Trinajstić information content (AvgIpc) is 2.91. The van der Waals surface area contributed by atoms with Gasteiger partial charge < -0.3 is 18.9 Å². The van der Waals surface area contributed by atoms with E-state index in [1.54, 1.807) is 34.3 Å². The number of ether oxygens (including phenoxy) is 2. The molecule has 0 aliphatic rings. The van der Waals surface area contributed by atoms with Crippen LogP contribution in [0.25, 0.3) is 0 Å². The number of methoxy groups -OCH3 is 2. The van der Waals surface area contributed by atoms with Gasteiger partial charge in [0.05, 0.1) is 19.8 Å². The van der Waals surface area contributed by atoms with Gasteiger partial charge in [0.15, 0.2) is 11.5 Å². The molecule has 0 spiro atoms. The Labute approximate surface area is 162 Å². The fourth-order valence-electron chi connectivity index (χ4n) is 3.08. The van der Waals surface area contributed by atoms with Crippen LogP contribution in [0.2, 0.25) is 0 Å². The molecule has 2 aromatic rings. The number of likely N-dealkylation sites (N-methyl/N-ethyl adjacent to an activating group) is 1. The first-order chi connectivity index (χ1) is 13.1. The number of nitrogens with zero attached hydrogens (tertiary/aromatic N) is 2. The highest BCUT2D eigenvalue weighted by molar-refractivity contribution is 5.95. The Balaban J connectivity index is 2.10. The molecule has 154 valence electrons. The highest BCUT2D eigenvalue weighted by Gasteiger charge is 2.30. The molecule has 2 rings (SSSR count). The molecular weight excluding hydrogens is 373 g/mol. The summed E-state index contributed by atoms with van der Waals surface area (Å²) in [5.41, 5.74) is 1.97. The fraction of sp³-hybridized carbons (Fsp3) is 0.450. The lowest BCUT2D eigenvalue weighted by Gasteiger charge is -2.18. The van der Waals surface area contributed by atoms with Crippen molar-refractivity contribution in [1.29, 1.82) is 0 Å². The molecule has 0 N–H and O–H groups in total. The first kappa shape index (κ1) is 21.7. The number of hydrogen-bond donors (Lipinski definition) is 0. The van der Waals surface area contributed by atoms with Crippen molar-refractivity contribution >= 4 is 5.91 Å². The van der Waals surface area contributed by atoms with Crippen molar-refractivity contribution in [2.45, 2.75) is 33.0 Å². The van der Waals surface area contributed by atoms with Gasteiger partial charge in [0, 0.05) is 25.0 Å². The standard InChI is InChI=1S/C20H25F3N2O3/c1-13-10-16(14(2)25(13)12-20(21,22)23)19(26)24(3)9-8-15-6-7-17(27-4)18(11-15)28-5/h6-7,10-11H,8-9,12H2,1-5H3. The molecule has 0 aliphatic carbocycles. The predicted octanol–water partition coefficient (Wildman–Crippen LogP) is 4.00. The first-order valence-electron chi connectivity index (χ1n) is 8.77. The van der Waals surface area contributed by atoms with E-state index < -0.39 is 12.7 Å². The third-order valence-electron chi connectivity index (χ3n) is 4.67. The maximum Gasteiger partial charge on any atom is 0.406 e. The van der Waals surface area contributed by atoms with Crippen LogP contribution >= 0.6 is 0 Å². The van der Waals surface area contributed by atoms with Crippen LogP contribution in [0.1, 0.15) is 27.3 Å². The number of alkyl halides is 3. The Morgan fingerprint density at radius 2 is 1.75 bits per heavy atom. The molecular formula is C20H25F3N2O3. The summed E-state index contributed by atoms with van der Waals surface area (Å²) in [7, 11) is 4.74. The van der Waals surface area contributed by atoms with Crippen molar-refractivity contribution in [3.05, 3.63) is 46.8 Å². The van der Waals surface area contributed by atoms with Crippen molar-refractivity contribution in [2.75, 3.05) is 27.8 Å². The van der Waals surface area contributed by atoms with E-state index >= 15 is 0 Å². The normalized spacial score (nSPS) is 11.4. The van der Waals surface area contributed by atoms with Crippen LogP contribution in [0.4, 0.5) is 13.2 Å². The molecule has 1 heterocycles. The lowest BCUT2D eigenvalue weighted by molar-refractivity contribution is -0.141. The number of rotatable bonds is 7. The summed E-state index contributed by atoms with van der Waals surface area (Å²) in [6.45, 7) is 2.41. The lowest BCUT2D eigenvalue weighted by Crippen LogP contribution is -2.29. The van der Waals surface area contributed by atoms with Gasteiger partial charge in [-0.3, -0.25) is 4.79 Å². The Kier molecular flexibility index (Phi) is 6.64. The summed E-state index contributed by atoms with van der Waals surface area (Å²) >= 11 is 0. The monoisotopic (exact) mass is 398 g/mol. The maximum absolute atomic E-state index is 12.8. The summed E-state index contributed by atoms with van der Waals surface area (Å²) < 4.78 is 49.9. The Hall–Kier alpha value is -2.64. The van der Waals surface area contributed by atoms with E-state index in [9.17, 15) is 18.0 Å². The first-order valence-corrected chi connectivity index (χ1v) is 8.77. The predicted molar refractivity (Wildman–Crippen MR) is 100 cm³/mol. The van der Waals surface area contributed by atoms with Crippen molar-refractivity contribution in [1.82, 2.24) is 9.47 Å². The van der Waals surface area contributed by atoms with Gasteiger partial charge in [-0.1, -0.05) is 6.07 Å². The number of carbonyl (C=O) groups excluding carboxylic acids is 1. The summed E-state index contributed by atoms with van der Waals surface area (Å²) in [4.78, 5) is 14.2.